The molecule has 0 aliphatic heterocycles. The number of aromatic nitrogens is 4. The maximum Gasteiger partial charge on any atom is 0.240 e. The number of anilines is 2. The first-order chi connectivity index (χ1) is 17.4. The Morgan fingerprint density at radius 3 is 2.27 bits per heavy atom. The van der Waals surface area contributed by atoms with Crippen LogP contribution in [-0.4, -0.2) is 44.4 Å². The number of halogens is 3. The number of aryl methyl sites for hydroxylation is 1. The molecule has 1 saturated carbocycles. The van der Waals surface area contributed by atoms with E-state index in [0.29, 0.717) is 16.9 Å². The number of nitrogen functional groups attached to an aromatic ring is 2. The predicted octanol–water partition coefficient (Wildman–Crippen LogP) is 6.53. The van der Waals surface area contributed by atoms with Gasteiger partial charge in [-0.1, -0.05) is 26.2 Å². The Labute approximate surface area is 216 Å². The van der Waals surface area contributed by atoms with Crippen LogP contribution in [0.1, 0.15) is 71.9 Å². The summed E-state index contributed by atoms with van der Waals surface area (Å²) in [4.78, 5) is 12.7. The molecule has 11 heteroatoms. The van der Waals surface area contributed by atoms with Crippen LogP contribution in [0.2, 0.25) is 0 Å². The van der Waals surface area contributed by atoms with Crippen LogP contribution in [0.5, 0.6) is 0 Å². The van der Waals surface area contributed by atoms with Gasteiger partial charge in [0.15, 0.2) is 11.6 Å². The quantitative estimate of drug-likeness (QED) is 0.377. The highest BCUT2D eigenvalue weighted by Crippen LogP contribution is 2.32. The standard InChI is InChI=1S/C15H16FN7.C8H16O.C3H6F2/c1-7(2)19-10-4-5-11(20-8(10)3)12-9(16)6-23-13(12)14(17)21-15(18)22-23;1-8(9-2)6-4-3-5-7-8;1-2-3(4)5/h4-6H,1-3H3,(H4,17,18,21,22);3-7H2,1-2H3;3H,2H2,1H3. The number of aliphatic imine (C=N–C) groups is 1. The van der Waals surface area contributed by atoms with E-state index in [-0.39, 0.29) is 29.4 Å². The number of methoxy groups -OCH3 is 1. The number of ether oxygens (including phenoxy) is 1. The largest absolute Gasteiger partial charge is 0.382 e. The molecule has 1 aliphatic carbocycles. The molecular formula is C26H38F3N7O. The number of nitrogens with two attached hydrogens (primary N) is 2. The molecule has 4 rings (SSSR count). The number of hydrogen-bond donors (Lipinski definition) is 2. The third kappa shape index (κ3) is 8.41. The van der Waals surface area contributed by atoms with E-state index >= 15 is 0 Å². The fourth-order valence-electron chi connectivity index (χ4n) is 3.90. The van der Waals surface area contributed by atoms with E-state index in [2.05, 4.69) is 27.0 Å². The van der Waals surface area contributed by atoms with Crippen LogP contribution in [0.15, 0.2) is 23.3 Å². The molecule has 0 aromatic carbocycles. The summed E-state index contributed by atoms with van der Waals surface area (Å²) in [5, 5.41) is 3.94. The summed E-state index contributed by atoms with van der Waals surface area (Å²) in [5.41, 5.74) is 15.0. The zero-order valence-electron chi connectivity index (χ0n) is 22.5. The average Bonchev–Trinajstić information content (AvgIpc) is 3.17. The van der Waals surface area contributed by atoms with Gasteiger partial charge in [-0.2, -0.15) is 4.98 Å². The smallest absolute Gasteiger partial charge is 0.240 e. The first-order valence-electron chi connectivity index (χ1n) is 12.3. The summed E-state index contributed by atoms with van der Waals surface area (Å²) in [6.07, 6.45) is 5.67. The Bertz CT molecular complexity index is 1200. The molecule has 8 nitrogen and oxygen atoms in total. The number of rotatable bonds is 4. The van der Waals surface area contributed by atoms with E-state index in [1.807, 2.05) is 27.9 Å². The number of nitrogens with zero attached hydrogens (tertiary/aromatic N) is 5. The van der Waals surface area contributed by atoms with Crippen molar-refractivity contribution in [1.82, 2.24) is 19.6 Å². The van der Waals surface area contributed by atoms with Crippen LogP contribution in [0.4, 0.5) is 30.6 Å². The second-order valence-electron chi connectivity index (χ2n) is 9.37. The lowest BCUT2D eigenvalue weighted by molar-refractivity contribution is -0.0231. The van der Waals surface area contributed by atoms with Gasteiger partial charge in [0.2, 0.25) is 12.4 Å². The van der Waals surface area contributed by atoms with Crippen LogP contribution < -0.4 is 11.5 Å². The number of pyridine rings is 1. The minimum atomic E-state index is -2.12. The van der Waals surface area contributed by atoms with Gasteiger partial charge in [-0.15, -0.1) is 5.10 Å². The number of alkyl halides is 2. The molecule has 1 fully saturated rings. The van der Waals surface area contributed by atoms with E-state index in [1.54, 1.807) is 12.1 Å². The number of hydrogen-bond acceptors (Lipinski definition) is 7. The minimum absolute atomic E-state index is 0.0243. The van der Waals surface area contributed by atoms with Gasteiger partial charge in [-0.3, -0.25) is 9.98 Å². The van der Waals surface area contributed by atoms with Crippen molar-refractivity contribution in [3.63, 3.8) is 0 Å². The molecule has 1 aliphatic rings. The molecule has 0 saturated heterocycles. The molecule has 0 radical (unpaired) electrons. The van der Waals surface area contributed by atoms with Crippen molar-refractivity contribution in [2.24, 2.45) is 4.99 Å². The van der Waals surface area contributed by atoms with Gasteiger partial charge in [0.05, 0.1) is 34.4 Å². The zero-order valence-corrected chi connectivity index (χ0v) is 22.5. The van der Waals surface area contributed by atoms with E-state index < -0.39 is 12.2 Å². The molecule has 3 aromatic rings. The Morgan fingerprint density at radius 1 is 1.16 bits per heavy atom. The van der Waals surface area contributed by atoms with Gasteiger partial charge in [-0.25, -0.2) is 17.7 Å². The Hall–Kier alpha value is -3.21. The van der Waals surface area contributed by atoms with Crippen molar-refractivity contribution in [1.29, 1.82) is 0 Å². The summed E-state index contributed by atoms with van der Waals surface area (Å²) in [7, 11) is 1.82. The maximum absolute atomic E-state index is 14.4. The SMILES string of the molecule is CC(C)=Nc1ccc(-c2c(F)cn3nc(N)nc(N)c23)nc1C.CCC(F)F.COC1(C)CCCCC1. The van der Waals surface area contributed by atoms with Crippen LogP contribution in [-0.2, 0) is 4.74 Å². The Balaban J connectivity index is 0.000000283. The van der Waals surface area contributed by atoms with E-state index in [4.69, 9.17) is 16.2 Å². The van der Waals surface area contributed by atoms with Gasteiger partial charge in [0.1, 0.15) is 5.52 Å². The van der Waals surface area contributed by atoms with Crippen LogP contribution in [0.25, 0.3) is 16.8 Å². The average molecular weight is 522 g/mol. The van der Waals surface area contributed by atoms with E-state index in [9.17, 15) is 13.2 Å². The summed E-state index contributed by atoms with van der Waals surface area (Å²) in [6, 6.07) is 3.49. The van der Waals surface area contributed by atoms with Gasteiger partial charge in [0.25, 0.3) is 0 Å². The third-order valence-electron chi connectivity index (χ3n) is 6.00. The van der Waals surface area contributed by atoms with E-state index in [1.165, 1.54) is 49.7 Å². The lowest BCUT2D eigenvalue weighted by Gasteiger charge is -2.31. The predicted molar refractivity (Wildman–Crippen MR) is 143 cm³/mol. The summed E-state index contributed by atoms with van der Waals surface area (Å²) < 4.78 is 42.6. The number of fused-ring (bicyclic) bond motifs is 1. The molecule has 0 spiro atoms. The summed E-state index contributed by atoms with van der Waals surface area (Å²) in [6.45, 7) is 9.28. The lowest BCUT2D eigenvalue weighted by atomic mass is 9.86. The zero-order chi connectivity index (χ0) is 27.8. The molecule has 0 amide bonds. The van der Waals surface area contributed by atoms with Gasteiger partial charge >= 0.3 is 0 Å². The summed E-state index contributed by atoms with van der Waals surface area (Å²) >= 11 is 0. The van der Waals surface area contributed by atoms with Crippen molar-refractivity contribution in [3.05, 3.63) is 29.8 Å². The normalized spacial score (nSPS) is 14.4. The van der Waals surface area contributed by atoms with Gasteiger partial charge in [-0.05, 0) is 52.7 Å². The fourth-order valence-corrected chi connectivity index (χ4v) is 3.90. The van der Waals surface area contributed by atoms with Crippen LogP contribution >= 0.6 is 0 Å². The monoisotopic (exact) mass is 521 g/mol. The Morgan fingerprint density at radius 2 is 1.78 bits per heavy atom. The molecule has 3 heterocycles. The maximum atomic E-state index is 14.4. The van der Waals surface area contributed by atoms with Crippen molar-refractivity contribution in [2.75, 3.05) is 18.6 Å². The molecule has 0 unspecified atom stereocenters. The molecule has 0 atom stereocenters. The second-order valence-corrected chi connectivity index (χ2v) is 9.37. The molecule has 3 aromatic heterocycles. The summed E-state index contributed by atoms with van der Waals surface area (Å²) in [5.74, 6) is -0.419. The first kappa shape index (κ1) is 30.0. The topological polar surface area (TPSA) is 117 Å². The third-order valence-corrected chi connectivity index (χ3v) is 6.00. The fraction of sp³-hybridized carbons (Fsp3) is 0.538. The van der Waals surface area contributed by atoms with Crippen molar-refractivity contribution < 1.29 is 17.9 Å². The molecular weight excluding hydrogens is 483 g/mol. The molecule has 37 heavy (non-hydrogen) atoms. The Kier molecular flexibility index (Phi) is 10.8. The molecule has 4 N–H and O–H groups in total. The van der Waals surface area contributed by atoms with Crippen molar-refractivity contribution >= 4 is 28.7 Å². The highest BCUT2D eigenvalue weighted by Gasteiger charge is 2.25. The van der Waals surface area contributed by atoms with Crippen LogP contribution in [0, 0.1) is 12.7 Å². The van der Waals surface area contributed by atoms with Crippen molar-refractivity contribution in [2.45, 2.75) is 85.2 Å². The highest BCUT2D eigenvalue weighted by molar-refractivity contribution is 5.87. The van der Waals surface area contributed by atoms with Gasteiger partial charge in [0, 0.05) is 19.2 Å². The first-order valence-corrected chi connectivity index (χ1v) is 12.3. The van der Waals surface area contributed by atoms with E-state index in [0.717, 1.165) is 11.4 Å². The highest BCUT2D eigenvalue weighted by atomic mass is 19.3. The second kappa shape index (κ2) is 13.4. The van der Waals surface area contributed by atoms with Gasteiger partial charge < -0.3 is 16.2 Å². The minimum Gasteiger partial charge on any atom is -0.382 e. The van der Waals surface area contributed by atoms with Crippen molar-refractivity contribution in [3.8, 4) is 11.3 Å². The lowest BCUT2D eigenvalue weighted by Crippen LogP contribution is -2.29. The van der Waals surface area contributed by atoms with Crippen LogP contribution in [0.3, 0.4) is 0 Å². The molecule has 204 valence electrons. The molecule has 0 bridgehead atoms.